The molecule has 2 amide bonds. The lowest BCUT2D eigenvalue weighted by Crippen LogP contribution is -2.49. The monoisotopic (exact) mass is 447 g/mol. The maximum atomic E-state index is 12.6. The van der Waals surface area contributed by atoms with Crippen molar-refractivity contribution in [3.63, 3.8) is 0 Å². The van der Waals surface area contributed by atoms with E-state index in [-0.39, 0.29) is 30.3 Å². The summed E-state index contributed by atoms with van der Waals surface area (Å²) in [6, 6.07) is 8.76. The molecule has 0 saturated heterocycles. The Morgan fingerprint density at radius 2 is 1.94 bits per heavy atom. The van der Waals surface area contributed by atoms with Crippen LogP contribution in [-0.4, -0.2) is 41.0 Å². The number of carbonyl (C=O) groups excluding carboxylic acids is 2. The van der Waals surface area contributed by atoms with Crippen LogP contribution in [0.3, 0.4) is 0 Å². The van der Waals surface area contributed by atoms with E-state index < -0.39 is 20.5 Å². The molecular weight excluding hydrogens is 422 g/mol. The number of pyridine rings is 1. The summed E-state index contributed by atoms with van der Waals surface area (Å²) < 4.78 is 23.6. The van der Waals surface area contributed by atoms with Gasteiger partial charge in [0.05, 0.1) is 0 Å². The van der Waals surface area contributed by atoms with Gasteiger partial charge in [-0.05, 0) is 54.2 Å². The molecule has 0 spiro atoms. The van der Waals surface area contributed by atoms with E-state index >= 15 is 0 Å². The molecule has 166 valence electrons. The van der Waals surface area contributed by atoms with E-state index in [2.05, 4.69) is 5.32 Å². The number of aromatic nitrogens is 1. The molecule has 2 atom stereocenters. The van der Waals surface area contributed by atoms with Crippen LogP contribution in [0.4, 0.5) is 5.69 Å². The van der Waals surface area contributed by atoms with Crippen molar-refractivity contribution in [3.8, 4) is 11.1 Å². The first kappa shape index (κ1) is 22.7. The number of anilines is 1. The van der Waals surface area contributed by atoms with Crippen LogP contribution in [0, 0.1) is 0 Å². The highest BCUT2D eigenvalue weighted by Gasteiger charge is 2.43. The van der Waals surface area contributed by atoms with Crippen molar-refractivity contribution in [2.45, 2.75) is 43.9 Å². The zero-order valence-corrected chi connectivity index (χ0v) is 18.3. The van der Waals surface area contributed by atoms with Gasteiger partial charge < -0.3 is 9.88 Å². The highest BCUT2D eigenvalue weighted by molar-refractivity contribution is 7.92. The number of hydroxylamine groups is 1. The third-order valence-corrected chi connectivity index (χ3v) is 7.93. The number of amides is 2. The molecule has 1 aliphatic rings. The molecule has 0 fully saturated rings. The fourth-order valence-corrected chi connectivity index (χ4v) is 4.49. The molecule has 3 N–H and O–H groups in total. The zero-order chi connectivity index (χ0) is 23.0. The fraction of sp³-hybridized carbons (Fsp3) is 0.381. The van der Waals surface area contributed by atoms with Crippen molar-refractivity contribution in [2.75, 3.05) is 11.6 Å². The molecule has 2 heterocycles. The first-order chi connectivity index (χ1) is 14.5. The Bertz CT molecular complexity index is 1200. The number of hydrogen-bond donors (Lipinski definition) is 3. The number of carbonyl (C=O) groups is 2. The summed E-state index contributed by atoms with van der Waals surface area (Å²) in [7, 11) is -3.85. The van der Waals surface area contributed by atoms with E-state index in [1.165, 1.54) is 23.0 Å². The molecule has 0 aliphatic carbocycles. The highest BCUT2D eigenvalue weighted by Crippen LogP contribution is 2.34. The molecule has 0 radical (unpaired) electrons. The van der Waals surface area contributed by atoms with Gasteiger partial charge in [0.25, 0.3) is 11.5 Å². The summed E-state index contributed by atoms with van der Waals surface area (Å²) in [4.78, 5) is 36.3. The maximum Gasteiger partial charge on any atom is 0.264 e. The predicted molar refractivity (Wildman–Crippen MR) is 116 cm³/mol. The van der Waals surface area contributed by atoms with Crippen molar-refractivity contribution < 1.29 is 23.2 Å². The van der Waals surface area contributed by atoms with Gasteiger partial charge in [-0.3, -0.25) is 19.6 Å². The molecule has 31 heavy (non-hydrogen) atoms. The topological polar surface area (TPSA) is 135 Å². The van der Waals surface area contributed by atoms with Gasteiger partial charge in [0.1, 0.15) is 0 Å². The summed E-state index contributed by atoms with van der Waals surface area (Å²) in [5, 5.41) is 11.8. The van der Waals surface area contributed by atoms with E-state index in [1.54, 1.807) is 12.3 Å². The number of hydrogen-bond acceptors (Lipinski definition) is 6. The maximum absolute atomic E-state index is 12.6. The van der Waals surface area contributed by atoms with Crippen LogP contribution in [0.25, 0.3) is 11.1 Å². The van der Waals surface area contributed by atoms with E-state index in [0.29, 0.717) is 12.0 Å². The Balaban J connectivity index is 1.86. The molecular formula is C21H25N3O6S. The van der Waals surface area contributed by atoms with Gasteiger partial charge in [0.2, 0.25) is 5.91 Å². The van der Waals surface area contributed by atoms with E-state index in [9.17, 15) is 22.8 Å². The average Bonchev–Trinajstić information content (AvgIpc) is 2.70. The summed E-state index contributed by atoms with van der Waals surface area (Å²) >= 11 is 0. The summed E-state index contributed by atoms with van der Waals surface area (Å²) in [6.07, 6.45) is 2.67. The SMILES string of the molecule is CC1CC(=O)Nc2ccc(-c3ccn(CC[C@](C)(C(=O)NO)S(C)(=O)=O)c(=O)c3)cc21. The number of benzene rings is 1. The van der Waals surface area contributed by atoms with Gasteiger partial charge in [-0.25, -0.2) is 13.9 Å². The van der Waals surface area contributed by atoms with Gasteiger partial charge >= 0.3 is 0 Å². The Kier molecular flexibility index (Phi) is 6.06. The minimum absolute atomic E-state index is 0.0219. The quantitative estimate of drug-likeness (QED) is 0.455. The standard InChI is InChI=1S/C21H25N3O6S/c1-13-10-18(25)22-17-5-4-14(11-16(13)17)15-6-8-24(19(26)12-15)9-7-21(2,20(27)23-28)31(3,29)30/h4-6,8,11-13,28H,7,9-10H2,1-3H3,(H,22,25)(H,23,27)/t13?,21-/m1/s1. The first-order valence-corrected chi connectivity index (χ1v) is 11.6. The highest BCUT2D eigenvalue weighted by atomic mass is 32.2. The minimum atomic E-state index is -3.85. The molecule has 10 heteroatoms. The lowest BCUT2D eigenvalue weighted by molar-refractivity contribution is -0.131. The Morgan fingerprint density at radius 3 is 2.55 bits per heavy atom. The second-order valence-electron chi connectivity index (χ2n) is 8.10. The van der Waals surface area contributed by atoms with Crippen molar-refractivity contribution in [3.05, 3.63) is 52.4 Å². The molecule has 0 saturated carbocycles. The van der Waals surface area contributed by atoms with Crippen LogP contribution in [0.1, 0.15) is 38.2 Å². The lowest BCUT2D eigenvalue weighted by atomic mass is 9.90. The Hall–Kier alpha value is -2.98. The third kappa shape index (κ3) is 4.40. The van der Waals surface area contributed by atoms with E-state index in [1.807, 2.05) is 25.1 Å². The smallest absolute Gasteiger partial charge is 0.264 e. The predicted octanol–water partition coefficient (Wildman–Crippen LogP) is 1.66. The molecule has 1 aliphatic heterocycles. The van der Waals surface area contributed by atoms with Crippen LogP contribution in [0.2, 0.25) is 0 Å². The van der Waals surface area contributed by atoms with E-state index in [4.69, 9.17) is 5.21 Å². The Labute approximate surface area is 180 Å². The van der Waals surface area contributed by atoms with Crippen LogP contribution < -0.4 is 16.4 Å². The molecule has 1 aromatic heterocycles. The second-order valence-corrected chi connectivity index (χ2v) is 10.5. The normalized spacial score (nSPS) is 17.9. The largest absolute Gasteiger partial charge is 0.326 e. The van der Waals surface area contributed by atoms with Crippen LogP contribution >= 0.6 is 0 Å². The van der Waals surface area contributed by atoms with Crippen LogP contribution in [0.5, 0.6) is 0 Å². The number of rotatable bonds is 6. The van der Waals surface area contributed by atoms with Crippen molar-refractivity contribution in [1.82, 2.24) is 10.0 Å². The zero-order valence-electron chi connectivity index (χ0n) is 17.5. The molecule has 1 aromatic carbocycles. The second kappa shape index (κ2) is 8.27. The molecule has 9 nitrogen and oxygen atoms in total. The Morgan fingerprint density at radius 1 is 1.26 bits per heavy atom. The first-order valence-electron chi connectivity index (χ1n) is 9.75. The fourth-order valence-electron chi connectivity index (χ4n) is 3.64. The number of nitrogens with one attached hydrogen (secondary N) is 2. The number of fused-ring (bicyclic) bond motifs is 1. The van der Waals surface area contributed by atoms with Crippen molar-refractivity contribution >= 4 is 27.3 Å². The number of sulfone groups is 1. The summed E-state index contributed by atoms with van der Waals surface area (Å²) in [5.41, 5.74) is 4.32. The van der Waals surface area contributed by atoms with Crippen molar-refractivity contribution in [1.29, 1.82) is 0 Å². The third-order valence-electron chi connectivity index (χ3n) is 5.91. The van der Waals surface area contributed by atoms with Crippen LogP contribution in [0.15, 0.2) is 41.3 Å². The molecule has 3 rings (SSSR count). The lowest BCUT2D eigenvalue weighted by Gasteiger charge is -2.25. The van der Waals surface area contributed by atoms with Crippen LogP contribution in [-0.2, 0) is 26.0 Å². The number of nitrogens with zero attached hydrogens (tertiary/aromatic N) is 1. The summed E-state index contributed by atoms with van der Waals surface area (Å²) in [5.74, 6) is -1.00. The van der Waals surface area contributed by atoms with Gasteiger partial charge in [-0.2, -0.15) is 0 Å². The molecule has 2 aromatic rings. The summed E-state index contributed by atoms with van der Waals surface area (Å²) in [6.45, 7) is 3.16. The molecule has 1 unspecified atom stereocenters. The van der Waals surface area contributed by atoms with Gasteiger partial charge in [0.15, 0.2) is 14.6 Å². The van der Waals surface area contributed by atoms with Crippen molar-refractivity contribution in [2.24, 2.45) is 0 Å². The van der Waals surface area contributed by atoms with Gasteiger partial charge in [-0.1, -0.05) is 13.0 Å². The van der Waals surface area contributed by atoms with Gasteiger partial charge in [0, 0.05) is 37.2 Å². The minimum Gasteiger partial charge on any atom is -0.326 e. The number of aryl methyl sites for hydroxylation is 1. The van der Waals surface area contributed by atoms with Gasteiger partial charge in [-0.15, -0.1) is 0 Å². The molecule has 0 bridgehead atoms. The average molecular weight is 448 g/mol. The van der Waals surface area contributed by atoms with E-state index in [0.717, 1.165) is 23.1 Å².